The van der Waals surface area contributed by atoms with Gasteiger partial charge in [0, 0.05) is 45.8 Å². The van der Waals surface area contributed by atoms with Crippen LogP contribution in [0.5, 0.6) is 0 Å². The van der Waals surface area contributed by atoms with Gasteiger partial charge in [-0.2, -0.15) is 0 Å². The van der Waals surface area contributed by atoms with Crippen LogP contribution in [0.1, 0.15) is 30.4 Å². The van der Waals surface area contributed by atoms with E-state index in [4.69, 9.17) is 14.2 Å². The highest BCUT2D eigenvalue weighted by atomic mass is 16.7. The highest BCUT2D eigenvalue weighted by molar-refractivity contribution is 5.55. The number of methoxy groups -OCH3 is 3. The van der Waals surface area contributed by atoms with E-state index in [9.17, 15) is 0 Å². The third-order valence-electron chi connectivity index (χ3n) is 3.96. The summed E-state index contributed by atoms with van der Waals surface area (Å²) in [5.41, 5.74) is 1.79. The Bertz CT molecular complexity index is 454. The van der Waals surface area contributed by atoms with Crippen molar-refractivity contribution in [3.05, 3.63) is 23.4 Å². The van der Waals surface area contributed by atoms with Crippen molar-refractivity contribution in [1.82, 2.24) is 4.98 Å². The molecule has 3 heterocycles. The number of hydrogen-bond acceptors (Lipinski definition) is 5. The molecular weight excluding hydrogens is 232 g/mol. The van der Waals surface area contributed by atoms with E-state index in [1.165, 1.54) is 0 Å². The third kappa shape index (κ3) is 1.55. The minimum atomic E-state index is -0.422. The zero-order chi connectivity index (χ0) is 12.8. The lowest BCUT2D eigenvalue weighted by molar-refractivity contribution is -0.109. The van der Waals surface area contributed by atoms with Crippen molar-refractivity contribution in [3.8, 4) is 0 Å². The molecule has 0 saturated heterocycles. The monoisotopic (exact) mass is 250 g/mol. The summed E-state index contributed by atoms with van der Waals surface area (Å²) in [5.74, 6) is 0.899. The molecule has 2 aliphatic heterocycles. The molecular formula is C13H18N2O3. The lowest BCUT2D eigenvalue weighted by Crippen LogP contribution is -2.54. The Balaban J connectivity index is 1.97. The molecule has 0 aromatic carbocycles. The zero-order valence-corrected chi connectivity index (χ0v) is 10.9. The highest BCUT2D eigenvalue weighted by Crippen LogP contribution is 2.52. The molecule has 1 saturated carbocycles. The first-order chi connectivity index (χ1) is 8.72. The fourth-order valence-corrected chi connectivity index (χ4v) is 2.95. The Kier molecular flexibility index (Phi) is 2.77. The van der Waals surface area contributed by atoms with Gasteiger partial charge in [0.05, 0.1) is 5.69 Å². The second-order valence-electron chi connectivity index (χ2n) is 4.88. The molecule has 1 aliphatic carbocycles. The second-order valence-corrected chi connectivity index (χ2v) is 4.88. The predicted octanol–water partition coefficient (Wildman–Crippen LogP) is 1.80. The molecule has 0 radical (unpaired) electrons. The average Bonchev–Trinajstić information content (AvgIpc) is 2.37. The maximum absolute atomic E-state index is 5.68. The van der Waals surface area contributed by atoms with E-state index in [1.54, 1.807) is 21.3 Å². The van der Waals surface area contributed by atoms with Crippen LogP contribution in [0.4, 0.5) is 5.82 Å². The van der Waals surface area contributed by atoms with Gasteiger partial charge >= 0.3 is 0 Å². The molecule has 0 spiro atoms. The maximum Gasteiger partial charge on any atom is 0.200 e. The molecule has 3 aliphatic rings. The normalized spacial score (nSPS) is 28.6. The van der Waals surface area contributed by atoms with E-state index in [1.807, 2.05) is 6.07 Å². The fourth-order valence-electron chi connectivity index (χ4n) is 2.95. The van der Waals surface area contributed by atoms with Crippen molar-refractivity contribution in [2.45, 2.75) is 30.8 Å². The van der Waals surface area contributed by atoms with Gasteiger partial charge in [-0.15, -0.1) is 0 Å². The summed E-state index contributed by atoms with van der Waals surface area (Å²) in [6.07, 6.45) is 1.62. The molecule has 1 aromatic rings. The van der Waals surface area contributed by atoms with Gasteiger partial charge in [0.2, 0.25) is 6.29 Å². The summed E-state index contributed by atoms with van der Waals surface area (Å²) in [6, 6.07) is 4.48. The molecule has 2 bridgehead atoms. The van der Waals surface area contributed by atoms with Gasteiger partial charge in [0.25, 0.3) is 0 Å². The molecule has 98 valence electrons. The van der Waals surface area contributed by atoms with E-state index < -0.39 is 6.29 Å². The van der Waals surface area contributed by atoms with Crippen molar-refractivity contribution in [2.75, 3.05) is 26.6 Å². The topological polar surface area (TPSA) is 52.6 Å². The van der Waals surface area contributed by atoms with Crippen molar-refractivity contribution in [1.29, 1.82) is 0 Å². The SMILES string of the molecule is COC(OC)c1ccc2c(n1)NC1CC2(OC)C1. The Morgan fingerprint density at radius 1 is 1.28 bits per heavy atom. The number of rotatable bonds is 4. The molecule has 5 heteroatoms. The molecule has 5 nitrogen and oxygen atoms in total. The Hall–Kier alpha value is -1.17. The Morgan fingerprint density at radius 3 is 2.61 bits per heavy atom. The van der Waals surface area contributed by atoms with E-state index in [0.29, 0.717) is 6.04 Å². The van der Waals surface area contributed by atoms with Crippen LogP contribution in [0.25, 0.3) is 0 Å². The van der Waals surface area contributed by atoms with Gasteiger partial charge < -0.3 is 19.5 Å². The summed E-state index contributed by atoms with van der Waals surface area (Å²) < 4.78 is 16.1. The minimum absolute atomic E-state index is 0.133. The van der Waals surface area contributed by atoms with Crippen molar-refractivity contribution in [3.63, 3.8) is 0 Å². The number of anilines is 1. The first kappa shape index (κ1) is 11.9. The van der Waals surface area contributed by atoms with Crippen LogP contribution < -0.4 is 5.32 Å². The number of nitrogens with one attached hydrogen (secondary N) is 1. The summed E-state index contributed by atoms with van der Waals surface area (Å²) in [7, 11) is 4.99. The largest absolute Gasteiger partial charge is 0.373 e. The fraction of sp³-hybridized carbons (Fsp3) is 0.615. The minimum Gasteiger partial charge on any atom is -0.373 e. The molecule has 1 N–H and O–H groups in total. The predicted molar refractivity (Wildman–Crippen MR) is 66.3 cm³/mol. The first-order valence-corrected chi connectivity index (χ1v) is 6.11. The first-order valence-electron chi connectivity index (χ1n) is 6.11. The second kappa shape index (κ2) is 4.19. The number of aromatic nitrogens is 1. The zero-order valence-electron chi connectivity index (χ0n) is 10.9. The van der Waals surface area contributed by atoms with E-state index >= 15 is 0 Å². The van der Waals surface area contributed by atoms with Gasteiger partial charge in [0.15, 0.2) is 0 Å². The Labute approximate surface area is 106 Å². The van der Waals surface area contributed by atoms with Crippen LogP contribution in [0, 0.1) is 0 Å². The Morgan fingerprint density at radius 2 is 2.00 bits per heavy atom. The summed E-state index contributed by atoms with van der Waals surface area (Å²) in [6.45, 7) is 0. The third-order valence-corrected chi connectivity index (χ3v) is 3.96. The summed E-state index contributed by atoms with van der Waals surface area (Å²) >= 11 is 0. The quantitative estimate of drug-likeness (QED) is 0.826. The van der Waals surface area contributed by atoms with Crippen molar-refractivity contribution in [2.24, 2.45) is 0 Å². The van der Waals surface area contributed by atoms with Gasteiger partial charge in [-0.3, -0.25) is 0 Å². The van der Waals surface area contributed by atoms with Gasteiger partial charge in [0.1, 0.15) is 11.4 Å². The highest BCUT2D eigenvalue weighted by Gasteiger charge is 2.51. The molecule has 1 fully saturated rings. The van der Waals surface area contributed by atoms with Crippen LogP contribution in [0.2, 0.25) is 0 Å². The van der Waals surface area contributed by atoms with Crippen LogP contribution in [0.3, 0.4) is 0 Å². The molecule has 0 unspecified atom stereocenters. The van der Waals surface area contributed by atoms with E-state index in [0.717, 1.165) is 29.9 Å². The molecule has 4 rings (SSSR count). The van der Waals surface area contributed by atoms with Gasteiger partial charge in [-0.05, 0) is 6.07 Å². The number of hydrogen-bond donors (Lipinski definition) is 1. The maximum atomic E-state index is 5.68. The van der Waals surface area contributed by atoms with Gasteiger partial charge in [-0.25, -0.2) is 4.98 Å². The number of nitrogens with zero attached hydrogens (tertiary/aromatic N) is 1. The molecule has 18 heavy (non-hydrogen) atoms. The van der Waals surface area contributed by atoms with Crippen LogP contribution in [0.15, 0.2) is 12.1 Å². The van der Waals surface area contributed by atoms with Crippen LogP contribution >= 0.6 is 0 Å². The molecule has 0 atom stereocenters. The summed E-state index contributed by atoms with van der Waals surface area (Å²) in [4.78, 5) is 4.59. The van der Waals surface area contributed by atoms with E-state index in [-0.39, 0.29) is 5.60 Å². The van der Waals surface area contributed by atoms with Crippen molar-refractivity contribution >= 4 is 5.82 Å². The smallest absolute Gasteiger partial charge is 0.200 e. The number of ether oxygens (including phenoxy) is 3. The van der Waals surface area contributed by atoms with E-state index in [2.05, 4.69) is 16.4 Å². The number of pyridine rings is 1. The average molecular weight is 250 g/mol. The molecule has 1 aromatic heterocycles. The van der Waals surface area contributed by atoms with Crippen LogP contribution in [-0.2, 0) is 19.8 Å². The van der Waals surface area contributed by atoms with Crippen molar-refractivity contribution < 1.29 is 14.2 Å². The standard InChI is InChI=1S/C13H18N2O3/c1-16-12(17-2)10-5-4-9-11(15-10)14-8-6-13(9,7-8)18-3/h4-5,8,12H,6-7H2,1-3H3,(H,14,15). The lowest BCUT2D eigenvalue weighted by atomic mass is 9.68. The summed E-state index contributed by atoms with van der Waals surface area (Å²) in [5, 5.41) is 3.43. The van der Waals surface area contributed by atoms with Gasteiger partial charge in [-0.1, -0.05) is 6.07 Å². The lowest BCUT2D eigenvalue weighted by Gasteiger charge is -2.52. The molecule has 0 amide bonds. The van der Waals surface area contributed by atoms with Crippen LogP contribution in [-0.4, -0.2) is 32.4 Å².